The molecular weight excluding hydrogens is 279 g/mol. The van der Waals surface area contributed by atoms with Gasteiger partial charge in [-0.3, -0.25) is 9.48 Å². The van der Waals surface area contributed by atoms with Gasteiger partial charge in [0.05, 0.1) is 11.9 Å². The maximum Gasteiger partial charge on any atom is 0.408 e. The Morgan fingerprint density at radius 1 is 1.50 bits per heavy atom. The van der Waals surface area contributed by atoms with Gasteiger partial charge in [-0.1, -0.05) is 0 Å². The number of hydrogen-bond donors (Lipinski definition) is 2. The smallest absolute Gasteiger partial charge is 0.353 e. The highest BCUT2D eigenvalue weighted by Gasteiger charge is 2.28. The lowest BCUT2D eigenvalue weighted by molar-refractivity contribution is -0.142. The Morgan fingerprint density at radius 3 is 2.90 bits per heavy atom. The zero-order chi connectivity index (χ0) is 14.8. The molecule has 1 aliphatic rings. The highest BCUT2D eigenvalue weighted by Crippen LogP contribution is 2.18. The molecule has 7 nitrogen and oxygen atoms in total. The third-order valence-electron chi connectivity index (χ3n) is 2.55. The molecule has 2 heterocycles. The molecule has 10 heteroatoms. The van der Waals surface area contributed by atoms with E-state index in [1.807, 2.05) is 0 Å². The van der Waals surface area contributed by atoms with Crippen molar-refractivity contribution in [2.75, 3.05) is 25.0 Å². The van der Waals surface area contributed by atoms with Crippen LogP contribution in [0.25, 0.3) is 0 Å². The minimum atomic E-state index is -4.38. The summed E-state index contributed by atoms with van der Waals surface area (Å²) in [6.07, 6.45) is -2.18. The van der Waals surface area contributed by atoms with Crippen LogP contribution in [0.4, 0.5) is 23.7 Å². The molecule has 1 saturated heterocycles. The second-order valence-corrected chi connectivity index (χ2v) is 4.24. The van der Waals surface area contributed by atoms with Crippen LogP contribution < -0.4 is 10.6 Å². The van der Waals surface area contributed by atoms with Crippen LogP contribution >= 0.6 is 0 Å². The van der Waals surface area contributed by atoms with E-state index in [-0.39, 0.29) is 18.1 Å². The molecule has 1 aromatic rings. The van der Waals surface area contributed by atoms with Gasteiger partial charge in [0.2, 0.25) is 5.91 Å². The third-order valence-corrected chi connectivity index (χ3v) is 2.55. The van der Waals surface area contributed by atoms with Gasteiger partial charge in [-0.05, 0) is 0 Å². The second-order valence-electron chi connectivity index (χ2n) is 4.24. The van der Waals surface area contributed by atoms with E-state index in [1.165, 1.54) is 4.90 Å². The van der Waals surface area contributed by atoms with Crippen molar-refractivity contribution in [1.82, 2.24) is 20.0 Å². The van der Waals surface area contributed by atoms with E-state index in [0.717, 1.165) is 12.4 Å². The quantitative estimate of drug-likeness (QED) is 0.828. The minimum absolute atomic E-state index is 0.0808. The number of nitrogens with one attached hydrogen (secondary N) is 2. The van der Waals surface area contributed by atoms with Crippen molar-refractivity contribution >= 4 is 17.6 Å². The third kappa shape index (κ3) is 3.87. The van der Waals surface area contributed by atoms with Crippen LogP contribution in [-0.2, 0) is 11.3 Å². The van der Waals surface area contributed by atoms with Gasteiger partial charge < -0.3 is 15.5 Å². The number of hydrogen-bond acceptors (Lipinski definition) is 3. The topological polar surface area (TPSA) is 79.3 Å². The molecule has 0 aliphatic carbocycles. The minimum Gasteiger partial charge on any atom is -0.353 e. The first-order valence-corrected chi connectivity index (χ1v) is 5.75. The summed E-state index contributed by atoms with van der Waals surface area (Å²) in [7, 11) is 0. The number of rotatable bonds is 2. The van der Waals surface area contributed by atoms with Crippen LogP contribution in [0.15, 0.2) is 12.4 Å². The van der Waals surface area contributed by atoms with Gasteiger partial charge in [0.15, 0.2) is 0 Å². The number of alkyl halides is 3. The lowest BCUT2D eigenvalue weighted by Crippen LogP contribution is -2.51. The molecular formula is C10H12F3N5O2. The molecule has 0 saturated carbocycles. The van der Waals surface area contributed by atoms with Crippen molar-refractivity contribution < 1.29 is 22.8 Å². The molecule has 20 heavy (non-hydrogen) atoms. The van der Waals surface area contributed by atoms with E-state index < -0.39 is 18.8 Å². The summed E-state index contributed by atoms with van der Waals surface area (Å²) in [4.78, 5) is 24.2. The first-order chi connectivity index (χ1) is 9.33. The number of urea groups is 1. The number of amides is 3. The average molecular weight is 291 g/mol. The zero-order valence-electron chi connectivity index (χ0n) is 10.3. The summed E-state index contributed by atoms with van der Waals surface area (Å²) in [5, 5.41) is 8.45. The SMILES string of the molecule is O=C1CN(C(=O)Nc2cnn(CC(F)(F)F)c2)CCN1. The van der Waals surface area contributed by atoms with E-state index in [9.17, 15) is 22.8 Å². The number of carbonyl (C=O) groups excluding carboxylic acids is 2. The Balaban J connectivity index is 1.93. The molecule has 3 amide bonds. The second kappa shape index (κ2) is 5.39. The Hall–Kier alpha value is -2.26. The van der Waals surface area contributed by atoms with Gasteiger partial charge in [0, 0.05) is 19.3 Å². The van der Waals surface area contributed by atoms with Crippen molar-refractivity contribution in [3.63, 3.8) is 0 Å². The van der Waals surface area contributed by atoms with Gasteiger partial charge in [-0.2, -0.15) is 18.3 Å². The number of halogens is 3. The number of anilines is 1. The average Bonchev–Trinajstić information content (AvgIpc) is 2.74. The molecule has 1 fully saturated rings. The standard InChI is InChI=1S/C10H12F3N5O2/c11-10(12,13)6-18-4-7(3-15-18)16-9(20)17-2-1-14-8(19)5-17/h3-4H,1-2,5-6H2,(H,14,19)(H,16,20). The molecule has 0 aromatic carbocycles. The molecule has 2 rings (SSSR count). The largest absolute Gasteiger partial charge is 0.408 e. The van der Waals surface area contributed by atoms with E-state index in [0.29, 0.717) is 17.8 Å². The van der Waals surface area contributed by atoms with Gasteiger partial charge in [0.1, 0.15) is 13.1 Å². The molecule has 110 valence electrons. The van der Waals surface area contributed by atoms with E-state index in [2.05, 4.69) is 15.7 Å². The van der Waals surface area contributed by atoms with Crippen LogP contribution in [0, 0.1) is 0 Å². The normalized spacial score (nSPS) is 15.9. The summed E-state index contributed by atoms with van der Waals surface area (Å²) in [6, 6.07) is -0.550. The summed E-state index contributed by atoms with van der Waals surface area (Å²) < 4.78 is 37.1. The summed E-state index contributed by atoms with van der Waals surface area (Å²) in [6.45, 7) is -0.620. The van der Waals surface area contributed by atoms with Gasteiger partial charge in [-0.25, -0.2) is 4.79 Å². The lowest BCUT2D eigenvalue weighted by atomic mass is 10.4. The summed E-state index contributed by atoms with van der Waals surface area (Å²) in [5.74, 6) is -0.279. The van der Waals surface area contributed by atoms with Crippen LogP contribution in [0.3, 0.4) is 0 Å². The first kappa shape index (κ1) is 14.2. The molecule has 1 aromatic heterocycles. The number of piperazine rings is 1. The molecule has 2 N–H and O–H groups in total. The van der Waals surface area contributed by atoms with Crippen molar-refractivity contribution in [3.05, 3.63) is 12.4 Å². The number of aromatic nitrogens is 2. The Bertz CT molecular complexity index is 513. The molecule has 0 unspecified atom stereocenters. The fourth-order valence-electron chi connectivity index (χ4n) is 1.71. The fourth-order valence-corrected chi connectivity index (χ4v) is 1.71. The van der Waals surface area contributed by atoms with E-state index >= 15 is 0 Å². The van der Waals surface area contributed by atoms with Gasteiger partial charge in [-0.15, -0.1) is 0 Å². The predicted molar refractivity (Wildman–Crippen MR) is 61.9 cm³/mol. The molecule has 1 aliphatic heterocycles. The number of nitrogens with zero attached hydrogens (tertiary/aromatic N) is 3. The van der Waals surface area contributed by atoms with Crippen molar-refractivity contribution in [3.8, 4) is 0 Å². The molecule has 0 spiro atoms. The Labute approximate surface area is 111 Å². The van der Waals surface area contributed by atoms with Crippen LogP contribution in [0.2, 0.25) is 0 Å². The van der Waals surface area contributed by atoms with Crippen molar-refractivity contribution in [1.29, 1.82) is 0 Å². The van der Waals surface area contributed by atoms with Crippen molar-refractivity contribution in [2.24, 2.45) is 0 Å². The maximum absolute atomic E-state index is 12.1. The van der Waals surface area contributed by atoms with Crippen LogP contribution in [-0.4, -0.2) is 52.4 Å². The van der Waals surface area contributed by atoms with Crippen molar-refractivity contribution in [2.45, 2.75) is 12.7 Å². The first-order valence-electron chi connectivity index (χ1n) is 5.75. The highest BCUT2D eigenvalue weighted by molar-refractivity contribution is 5.92. The summed E-state index contributed by atoms with van der Waals surface area (Å²) >= 11 is 0. The Kier molecular flexibility index (Phi) is 3.81. The molecule has 0 atom stereocenters. The van der Waals surface area contributed by atoms with E-state index in [4.69, 9.17) is 0 Å². The monoisotopic (exact) mass is 291 g/mol. The van der Waals surface area contributed by atoms with Crippen LogP contribution in [0.1, 0.15) is 0 Å². The molecule has 0 radical (unpaired) electrons. The highest BCUT2D eigenvalue weighted by atomic mass is 19.4. The fraction of sp³-hybridized carbons (Fsp3) is 0.500. The zero-order valence-corrected chi connectivity index (χ0v) is 10.3. The summed E-state index contributed by atoms with van der Waals surface area (Å²) in [5.41, 5.74) is 0.144. The number of carbonyl (C=O) groups is 2. The van der Waals surface area contributed by atoms with Crippen LogP contribution in [0.5, 0.6) is 0 Å². The van der Waals surface area contributed by atoms with Gasteiger partial charge >= 0.3 is 12.2 Å². The Morgan fingerprint density at radius 2 is 2.25 bits per heavy atom. The predicted octanol–water partition coefficient (Wildman–Crippen LogP) is 0.409. The lowest BCUT2D eigenvalue weighted by Gasteiger charge is -2.26. The maximum atomic E-state index is 12.1. The molecule has 0 bridgehead atoms. The van der Waals surface area contributed by atoms with E-state index in [1.54, 1.807) is 0 Å². The van der Waals surface area contributed by atoms with Gasteiger partial charge in [0.25, 0.3) is 0 Å².